The molecule has 4 rings (SSSR count). The monoisotopic (exact) mass is 501 g/mol. The third kappa shape index (κ3) is 4.00. The van der Waals surface area contributed by atoms with Crippen molar-refractivity contribution < 1.29 is 19.5 Å². The second-order valence-corrected chi connectivity index (χ2v) is 10.2. The third-order valence-electron chi connectivity index (χ3n) is 4.61. The van der Waals surface area contributed by atoms with Gasteiger partial charge in [-0.25, -0.2) is 14.8 Å². The number of nitrogens with zero attached hydrogens (tertiary/aromatic N) is 5. The van der Waals surface area contributed by atoms with Gasteiger partial charge in [-0.15, -0.1) is 4.91 Å². The lowest BCUT2D eigenvalue weighted by Gasteiger charge is -2.50. The molecule has 1 saturated heterocycles. The van der Waals surface area contributed by atoms with Crippen LogP contribution >= 0.6 is 46.2 Å². The number of hydrogen-bond donors (Lipinski definition) is 3. The van der Waals surface area contributed by atoms with Crippen LogP contribution in [0.4, 0.5) is 5.13 Å². The van der Waals surface area contributed by atoms with Crippen molar-refractivity contribution in [2.75, 3.05) is 5.73 Å². The van der Waals surface area contributed by atoms with Crippen LogP contribution in [-0.2, 0) is 14.4 Å². The van der Waals surface area contributed by atoms with E-state index in [0.29, 0.717) is 26.4 Å². The molecule has 1 fully saturated rings. The van der Waals surface area contributed by atoms with E-state index in [1.54, 1.807) is 0 Å². The summed E-state index contributed by atoms with van der Waals surface area (Å²) < 4.78 is 4.82. The van der Waals surface area contributed by atoms with Gasteiger partial charge in [0.25, 0.3) is 11.8 Å². The Morgan fingerprint density at radius 2 is 2.26 bits per heavy atom. The lowest BCUT2D eigenvalue weighted by molar-refractivity contribution is -0.156. The van der Waals surface area contributed by atoms with E-state index in [1.165, 1.54) is 17.5 Å². The Kier molecular flexibility index (Phi) is 5.92. The highest BCUT2D eigenvalue weighted by atomic mass is 35.5. The first-order valence-electron chi connectivity index (χ1n) is 8.60. The van der Waals surface area contributed by atoms with Crippen molar-refractivity contribution >= 4 is 69.1 Å². The molecule has 0 bridgehead atoms. The first-order chi connectivity index (χ1) is 14.8. The summed E-state index contributed by atoms with van der Waals surface area (Å²) in [6, 6.07) is -3.11. The molecule has 0 spiro atoms. The van der Waals surface area contributed by atoms with Crippen molar-refractivity contribution in [2.24, 2.45) is 5.18 Å². The topological polar surface area (TPSA) is 181 Å². The number of carboxylic acids is 1. The standard InChI is InChI=1S/C15H12ClN7O5S3/c16-6-3-18-15(30-6)29-5-2-1-4-7(12(25)23(4)9(5)13(26)27)19-11(24)8(21-28)10-20-14(17)31-22-10/h3-4,7-8H,1-2H2,(H,19,24)(H,26,27)(H2,17,20,22). The predicted molar refractivity (Wildman–Crippen MR) is 112 cm³/mol. The molecule has 16 heteroatoms. The number of rotatable bonds is 7. The SMILES string of the molecule is Nc1nc(C(N=O)C(=O)NC2C(=O)N3C(C(=O)O)=C(Sc4ncc(Cl)s4)CCC23)ns1. The number of hydrogen-bond acceptors (Lipinski definition) is 12. The van der Waals surface area contributed by atoms with Crippen LogP contribution in [0, 0.1) is 4.91 Å². The molecule has 2 aromatic rings. The number of thioether (sulfide) groups is 1. The van der Waals surface area contributed by atoms with Crippen molar-refractivity contribution in [3.8, 4) is 0 Å². The van der Waals surface area contributed by atoms with Crippen LogP contribution < -0.4 is 11.1 Å². The molecule has 4 heterocycles. The van der Waals surface area contributed by atoms with Crippen molar-refractivity contribution in [2.45, 2.75) is 35.3 Å². The summed E-state index contributed by atoms with van der Waals surface area (Å²) in [5.41, 5.74) is 5.32. The predicted octanol–water partition coefficient (Wildman–Crippen LogP) is 1.62. The normalized spacial score (nSPS) is 21.3. The molecule has 12 nitrogen and oxygen atoms in total. The number of thiazole rings is 1. The fourth-order valence-electron chi connectivity index (χ4n) is 3.32. The highest BCUT2D eigenvalue weighted by Crippen LogP contribution is 2.44. The van der Waals surface area contributed by atoms with Gasteiger partial charge in [0, 0.05) is 16.4 Å². The zero-order valence-corrected chi connectivity index (χ0v) is 18.4. The molecule has 3 atom stereocenters. The summed E-state index contributed by atoms with van der Waals surface area (Å²) in [6.45, 7) is 0. The zero-order valence-electron chi connectivity index (χ0n) is 15.2. The van der Waals surface area contributed by atoms with Gasteiger partial charge in [0.1, 0.15) is 16.1 Å². The number of β-lactam (4-membered cyclic amide) rings is 1. The Morgan fingerprint density at radius 3 is 2.84 bits per heavy atom. The van der Waals surface area contributed by atoms with Crippen LogP contribution in [0.25, 0.3) is 0 Å². The third-order valence-corrected chi connectivity index (χ3v) is 7.51. The quantitative estimate of drug-likeness (QED) is 0.372. The number of nitrogen functional groups attached to an aromatic ring is 1. The van der Waals surface area contributed by atoms with Gasteiger partial charge in [-0.2, -0.15) is 4.37 Å². The summed E-state index contributed by atoms with van der Waals surface area (Å²) in [5.74, 6) is -2.87. The van der Waals surface area contributed by atoms with E-state index in [-0.39, 0.29) is 16.7 Å². The number of aliphatic carboxylic acids is 1. The molecular weight excluding hydrogens is 490 g/mol. The maximum atomic E-state index is 12.7. The van der Waals surface area contributed by atoms with Crippen LogP contribution in [0.5, 0.6) is 0 Å². The minimum absolute atomic E-state index is 0.0670. The number of carbonyl (C=O) groups is 3. The van der Waals surface area contributed by atoms with Crippen molar-refractivity contribution in [1.29, 1.82) is 0 Å². The lowest BCUT2D eigenvalue weighted by atomic mass is 9.86. The zero-order chi connectivity index (χ0) is 22.3. The minimum atomic E-state index is -1.56. The molecule has 31 heavy (non-hydrogen) atoms. The van der Waals surface area contributed by atoms with E-state index >= 15 is 0 Å². The van der Waals surface area contributed by atoms with E-state index in [4.69, 9.17) is 17.3 Å². The van der Waals surface area contributed by atoms with Crippen LogP contribution in [-0.4, -0.2) is 54.2 Å². The van der Waals surface area contributed by atoms with E-state index in [1.807, 2.05) is 0 Å². The molecule has 2 aliphatic rings. The number of carboxylic acid groups (broad SMARTS) is 1. The molecule has 2 aliphatic heterocycles. The Morgan fingerprint density at radius 1 is 1.48 bits per heavy atom. The summed E-state index contributed by atoms with van der Waals surface area (Å²) in [7, 11) is 0. The summed E-state index contributed by atoms with van der Waals surface area (Å²) >= 11 is 9.02. The van der Waals surface area contributed by atoms with Crippen molar-refractivity contribution in [3.63, 3.8) is 0 Å². The number of amides is 2. The van der Waals surface area contributed by atoms with E-state index in [9.17, 15) is 24.4 Å². The van der Waals surface area contributed by atoms with Crippen LogP contribution in [0.1, 0.15) is 24.7 Å². The molecular formula is C15H12ClN7O5S3. The molecule has 0 aromatic carbocycles. The number of fused-ring (bicyclic) bond motifs is 1. The number of nitrogens with one attached hydrogen (secondary N) is 1. The molecule has 2 aromatic heterocycles. The van der Waals surface area contributed by atoms with Crippen LogP contribution in [0.3, 0.4) is 0 Å². The van der Waals surface area contributed by atoms with Crippen LogP contribution in [0.15, 0.2) is 26.3 Å². The maximum Gasteiger partial charge on any atom is 0.353 e. The average Bonchev–Trinajstić information content (AvgIpc) is 3.34. The van der Waals surface area contributed by atoms with Gasteiger partial charge in [0.2, 0.25) is 6.04 Å². The van der Waals surface area contributed by atoms with E-state index in [0.717, 1.165) is 28.2 Å². The molecule has 0 radical (unpaired) electrons. The number of allylic oxidation sites excluding steroid dienone is 1. The number of carbonyl (C=O) groups excluding carboxylic acids is 2. The smallest absolute Gasteiger partial charge is 0.353 e. The summed E-state index contributed by atoms with van der Waals surface area (Å²) in [4.78, 5) is 57.7. The second-order valence-electron chi connectivity index (χ2n) is 6.41. The number of nitrogens with two attached hydrogens (primary N) is 1. The van der Waals surface area contributed by atoms with Gasteiger partial charge in [0.15, 0.2) is 15.3 Å². The Balaban J connectivity index is 1.51. The molecule has 4 N–H and O–H groups in total. The highest BCUT2D eigenvalue weighted by molar-refractivity contribution is 8.04. The maximum absolute atomic E-state index is 12.7. The fourth-order valence-corrected chi connectivity index (χ4v) is 6.12. The highest BCUT2D eigenvalue weighted by Gasteiger charge is 2.54. The molecule has 0 saturated carbocycles. The second kappa shape index (κ2) is 8.49. The largest absolute Gasteiger partial charge is 0.477 e. The fraction of sp³-hybridized carbons (Fsp3) is 0.333. The molecule has 2 amide bonds. The molecule has 3 unspecified atom stereocenters. The average molecular weight is 502 g/mol. The number of halogens is 1. The minimum Gasteiger partial charge on any atom is -0.477 e. The van der Waals surface area contributed by atoms with Gasteiger partial charge in [-0.3, -0.25) is 14.5 Å². The number of nitroso groups, excluding NO2 is 1. The van der Waals surface area contributed by atoms with E-state index in [2.05, 4.69) is 24.8 Å². The first kappa shape index (κ1) is 21.6. The van der Waals surface area contributed by atoms with Gasteiger partial charge in [0.05, 0.1) is 12.2 Å². The molecule has 0 aliphatic carbocycles. The van der Waals surface area contributed by atoms with Gasteiger partial charge in [-0.05, 0) is 18.0 Å². The van der Waals surface area contributed by atoms with Gasteiger partial charge in [-0.1, -0.05) is 34.7 Å². The van der Waals surface area contributed by atoms with E-state index < -0.39 is 35.9 Å². The Hall–Kier alpha value is -2.62. The van der Waals surface area contributed by atoms with Crippen LogP contribution in [0.2, 0.25) is 4.34 Å². The Labute approximate surface area is 191 Å². The molecule has 162 valence electrons. The summed E-state index contributed by atoms with van der Waals surface area (Å²) in [6.07, 6.45) is 2.24. The lowest BCUT2D eigenvalue weighted by Crippen LogP contribution is -2.71. The number of anilines is 1. The number of aromatic nitrogens is 3. The van der Waals surface area contributed by atoms with Crippen molar-refractivity contribution in [3.05, 3.63) is 31.9 Å². The van der Waals surface area contributed by atoms with Crippen molar-refractivity contribution in [1.82, 2.24) is 24.6 Å². The Bertz CT molecular complexity index is 1120. The van der Waals surface area contributed by atoms with Gasteiger partial charge < -0.3 is 16.2 Å². The van der Waals surface area contributed by atoms with Gasteiger partial charge >= 0.3 is 5.97 Å². The summed E-state index contributed by atoms with van der Waals surface area (Å²) in [5, 5.41) is 15.0. The first-order valence-corrected chi connectivity index (χ1v) is 11.4.